The normalized spacial score (nSPS) is 12.9. The molecule has 88 valence electrons. The second-order valence-electron chi connectivity index (χ2n) is 3.81. The van der Waals surface area contributed by atoms with Crippen LogP contribution in [0.4, 0.5) is 0 Å². The first-order valence-electron chi connectivity index (χ1n) is 5.17. The Balaban J connectivity index is 2.36. The van der Waals surface area contributed by atoms with Crippen molar-refractivity contribution in [3.8, 4) is 0 Å². The maximum absolute atomic E-state index is 11.3. The minimum atomic E-state index is -0.163. The van der Waals surface area contributed by atoms with E-state index in [9.17, 15) is 4.79 Å². The molecule has 0 aliphatic carbocycles. The molecule has 0 aromatic carbocycles. The van der Waals surface area contributed by atoms with Crippen LogP contribution in [0.25, 0.3) is 6.08 Å². The standard InChI is InChI=1S/C11H17N3O2/c1-9(8-15)5-12-11(16)4-3-10-6-13-14(2)7-10/h3-4,6-7,9,15H,5,8H2,1-2H3,(H,12,16). The van der Waals surface area contributed by atoms with Gasteiger partial charge < -0.3 is 10.4 Å². The molecule has 1 atom stereocenters. The van der Waals surface area contributed by atoms with Crippen LogP contribution in [0, 0.1) is 5.92 Å². The van der Waals surface area contributed by atoms with Gasteiger partial charge in [0, 0.05) is 38.0 Å². The first-order chi connectivity index (χ1) is 7.61. The first-order valence-corrected chi connectivity index (χ1v) is 5.17. The Morgan fingerprint density at radius 2 is 2.50 bits per heavy atom. The van der Waals surface area contributed by atoms with Gasteiger partial charge in [0.25, 0.3) is 0 Å². The number of nitrogens with one attached hydrogen (secondary N) is 1. The summed E-state index contributed by atoms with van der Waals surface area (Å²) in [5.41, 5.74) is 0.882. The van der Waals surface area contributed by atoms with Crippen molar-refractivity contribution >= 4 is 12.0 Å². The van der Waals surface area contributed by atoms with Crippen molar-refractivity contribution in [1.29, 1.82) is 0 Å². The van der Waals surface area contributed by atoms with Crippen molar-refractivity contribution in [1.82, 2.24) is 15.1 Å². The van der Waals surface area contributed by atoms with Gasteiger partial charge in [-0.25, -0.2) is 0 Å². The number of aliphatic hydroxyl groups is 1. The third-order valence-electron chi connectivity index (χ3n) is 2.09. The maximum Gasteiger partial charge on any atom is 0.244 e. The Kier molecular flexibility index (Phi) is 4.72. The molecule has 16 heavy (non-hydrogen) atoms. The van der Waals surface area contributed by atoms with Gasteiger partial charge in [-0.3, -0.25) is 9.48 Å². The molecule has 1 heterocycles. The van der Waals surface area contributed by atoms with Crippen molar-refractivity contribution in [2.45, 2.75) is 6.92 Å². The van der Waals surface area contributed by atoms with E-state index in [1.54, 1.807) is 17.0 Å². The molecular weight excluding hydrogens is 206 g/mol. The molecule has 1 aromatic rings. The number of carbonyl (C=O) groups is 1. The summed E-state index contributed by atoms with van der Waals surface area (Å²) in [4.78, 5) is 11.3. The van der Waals surface area contributed by atoms with Crippen molar-refractivity contribution in [3.63, 3.8) is 0 Å². The highest BCUT2D eigenvalue weighted by Gasteiger charge is 2.01. The van der Waals surface area contributed by atoms with Crippen molar-refractivity contribution < 1.29 is 9.90 Å². The quantitative estimate of drug-likeness (QED) is 0.700. The second-order valence-corrected chi connectivity index (χ2v) is 3.81. The Bertz CT molecular complexity index is 371. The van der Waals surface area contributed by atoms with Gasteiger partial charge >= 0.3 is 0 Å². The topological polar surface area (TPSA) is 67.2 Å². The van der Waals surface area contributed by atoms with Gasteiger partial charge in [0.1, 0.15) is 0 Å². The van der Waals surface area contributed by atoms with Crippen LogP contribution >= 0.6 is 0 Å². The maximum atomic E-state index is 11.3. The molecule has 0 bridgehead atoms. The Morgan fingerprint density at radius 3 is 3.06 bits per heavy atom. The van der Waals surface area contributed by atoms with E-state index in [1.165, 1.54) is 6.08 Å². The van der Waals surface area contributed by atoms with Gasteiger partial charge in [0.15, 0.2) is 0 Å². The molecule has 0 aliphatic heterocycles. The highest BCUT2D eigenvalue weighted by atomic mass is 16.3. The monoisotopic (exact) mass is 223 g/mol. The van der Waals surface area contributed by atoms with Crippen LogP contribution in [0.5, 0.6) is 0 Å². The summed E-state index contributed by atoms with van der Waals surface area (Å²) in [6, 6.07) is 0. The summed E-state index contributed by atoms with van der Waals surface area (Å²) in [5.74, 6) is -0.0834. The molecule has 0 aliphatic rings. The summed E-state index contributed by atoms with van der Waals surface area (Å²) >= 11 is 0. The van der Waals surface area contributed by atoms with Crippen molar-refractivity contribution in [2.75, 3.05) is 13.2 Å². The molecule has 5 nitrogen and oxygen atoms in total. The van der Waals surface area contributed by atoms with Gasteiger partial charge in [-0.2, -0.15) is 5.10 Å². The van der Waals surface area contributed by atoms with E-state index in [0.717, 1.165) is 5.56 Å². The predicted molar refractivity (Wildman–Crippen MR) is 61.5 cm³/mol. The number of hydrogen-bond donors (Lipinski definition) is 2. The lowest BCUT2D eigenvalue weighted by Crippen LogP contribution is -2.27. The number of aromatic nitrogens is 2. The Labute approximate surface area is 94.8 Å². The largest absolute Gasteiger partial charge is 0.396 e. The van der Waals surface area contributed by atoms with E-state index in [-0.39, 0.29) is 18.4 Å². The molecule has 2 N–H and O–H groups in total. The third kappa shape index (κ3) is 4.27. The highest BCUT2D eigenvalue weighted by Crippen LogP contribution is 1.98. The molecule has 5 heteroatoms. The average Bonchev–Trinajstić information content (AvgIpc) is 2.69. The van der Waals surface area contributed by atoms with E-state index in [2.05, 4.69) is 10.4 Å². The SMILES string of the molecule is CC(CO)CNC(=O)C=Cc1cnn(C)c1. The van der Waals surface area contributed by atoms with Gasteiger partial charge in [0.05, 0.1) is 6.20 Å². The second kappa shape index (κ2) is 6.07. The number of aliphatic hydroxyl groups excluding tert-OH is 1. The number of rotatable bonds is 5. The fourth-order valence-corrected chi connectivity index (χ4v) is 1.10. The van der Waals surface area contributed by atoms with Crippen molar-refractivity contribution in [3.05, 3.63) is 24.0 Å². The molecule has 1 unspecified atom stereocenters. The van der Waals surface area contributed by atoms with Crippen molar-refractivity contribution in [2.24, 2.45) is 13.0 Å². The number of aryl methyl sites for hydroxylation is 1. The molecule has 0 fully saturated rings. The summed E-state index contributed by atoms with van der Waals surface area (Å²) in [7, 11) is 1.82. The third-order valence-corrected chi connectivity index (χ3v) is 2.09. The number of amides is 1. The van der Waals surface area contributed by atoms with E-state index in [0.29, 0.717) is 6.54 Å². The van der Waals surface area contributed by atoms with Crippen LogP contribution < -0.4 is 5.32 Å². The van der Waals surface area contributed by atoms with E-state index >= 15 is 0 Å². The molecule has 1 rings (SSSR count). The van der Waals surface area contributed by atoms with Crippen LogP contribution in [-0.4, -0.2) is 33.9 Å². The molecule has 1 amide bonds. The summed E-state index contributed by atoms with van der Waals surface area (Å²) in [6.45, 7) is 2.42. The lowest BCUT2D eigenvalue weighted by Gasteiger charge is -2.07. The fourth-order valence-electron chi connectivity index (χ4n) is 1.10. The zero-order valence-electron chi connectivity index (χ0n) is 9.55. The van der Waals surface area contributed by atoms with Gasteiger partial charge in [-0.1, -0.05) is 6.92 Å². The molecule has 0 radical (unpaired) electrons. The van der Waals surface area contributed by atoms with Crippen LogP contribution in [0.3, 0.4) is 0 Å². The van der Waals surface area contributed by atoms with Crippen LogP contribution in [0.2, 0.25) is 0 Å². The highest BCUT2D eigenvalue weighted by molar-refractivity contribution is 5.91. The minimum Gasteiger partial charge on any atom is -0.396 e. The molecule has 0 spiro atoms. The summed E-state index contributed by atoms with van der Waals surface area (Å²) < 4.78 is 1.67. The fraction of sp³-hybridized carbons (Fsp3) is 0.455. The van der Waals surface area contributed by atoms with Gasteiger partial charge in [-0.05, 0) is 12.0 Å². The molecule has 1 aromatic heterocycles. The van der Waals surface area contributed by atoms with Crippen LogP contribution in [0.15, 0.2) is 18.5 Å². The first kappa shape index (κ1) is 12.4. The summed E-state index contributed by atoms with van der Waals surface area (Å²) in [5, 5.41) is 15.5. The zero-order chi connectivity index (χ0) is 12.0. The van der Waals surface area contributed by atoms with Gasteiger partial charge in [-0.15, -0.1) is 0 Å². The number of carbonyl (C=O) groups excluding carboxylic acids is 1. The van der Waals surface area contributed by atoms with Crippen LogP contribution in [0.1, 0.15) is 12.5 Å². The molecule has 0 saturated heterocycles. The minimum absolute atomic E-state index is 0.0760. The molecular formula is C11H17N3O2. The van der Waals surface area contributed by atoms with Crippen LogP contribution in [-0.2, 0) is 11.8 Å². The molecule has 0 saturated carbocycles. The van der Waals surface area contributed by atoms with E-state index in [4.69, 9.17) is 5.11 Å². The predicted octanol–water partition coefficient (Wildman–Crippen LogP) is 0.178. The lowest BCUT2D eigenvalue weighted by atomic mass is 10.2. The zero-order valence-corrected chi connectivity index (χ0v) is 9.55. The number of hydrogen-bond acceptors (Lipinski definition) is 3. The smallest absolute Gasteiger partial charge is 0.244 e. The van der Waals surface area contributed by atoms with Gasteiger partial charge in [0.2, 0.25) is 5.91 Å². The Hall–Kier alpha value is -1.62. The lowest BCUT2D eigenvalue weighted by molar-refractivity contribution is -0.116. The van der Waals surface area contributed by atoms with E-state index in [1.807, 2.05) is 20.2 Å². The van der Waals surface area contributed by atoms with E-state index < -0.39 is 0 Å². The number of nitrogens with zero attached hydrogens (tertiary/aromatic N) is 2. The Morgan fingerprint density at radius 1 is 1.75 bits per heavy atom. The average molecular weight is 223 g/mol. The summed E-state index contributed by atoms with van der Waals surface area (Å²) in [6.07, 6.45) is 6.66.